The van der Waals surface area contributed by atoms with Gasteiger partial charge in [0.05, 0.1) is 13.7 Å². The largest absolute Gasteiger partial charge is 0.493 e. The van der Waals surface area contributed by atoms with Gasteiger partial charge in [0.1, 0.15) is 6.10 Å². The van der Waals surface area contributed by atoms with E-state index in [1.807, 2.05) is 43.8 Å². The summed E-state index contributed by atoms with van der Waals surface area (Å²) < 4.78 is 11.6. The second kappa shape index (κ2) is 6.06. The average Bonchev–Trinajstić information content (AvgIpc) is 2.91. The summed E-state index contributed by atoms with van der Waals surface area (Å²) in [7, 11) is 1.65. The van der Waals surface area contributed by atoms with Crippen molar-refractivity contribution in [3.8, 4) is 11.5 Å². The molecule has 0 aromatic heterocycles. The fraction of sp³-hybridized carbons (Fsp3) is 0.600. The first-order valence-electron chi connectivity index (χ1n) is 6.61. The van der Waals surface area contributed by atoms with Crippen molar-refractivity contribution in [3.63, 3.8) is 0 Å². The minimum absolute atomic E-state index is 0.0793. The fourth-order valence-corrected chi connectivity index (χ4v) is 3.28. The minimum atomic E-state index is -0.338. The lowest BCUT2D eigenvalue weighted by Gasteiger charge is -2.27. The van der Waals surface area contributed by atoms with Gasteiger partial charge in [0.25, 0.3) is 0 Å². The number of hydrogen-bond donors (Lipinski definition) is 1. The van der Waals surface area contributed by atoms with Gasteiger partial charge >= 0.3 is 0 Å². The van der Waals surface area contributed by atoms with Gasteiger partial charge in [-0.1, -0.05) is 26.0 Å². The van der Waals surface area contributed by atoms with E-state index < -0.39 is 0 Å². The van der Waals surface area contributed by atoms with Crippen LogP contribution >= 0.6 is 11.8 Å². The Bertz CT molecular complexity index is 425. The van der Waals surface area contributed by atoms with E-state index in [4.69, 9.17) is 9.47 Å². The van der Waals surface area contributed by atoms with E-state index in [9.17, 15) is 5.11 Å². The number of ether oxygens (including phenoxy) is 2. The molecule has 19 heavy (non-hydrogen) atoms. The maximum absolute atomic E-state index is 9.60. The molecule has 0 radical (unpaired) electrons. The zero-order valence-electron chi connectivity index (χ0n) is 11.8. The first kappa shape index (κ1) is 14.5. The lowest BCUT2D eigenvalue weighted by Crippen LogP contribution is -2.25. The number of aliphatic hydroxyl groups excluding tert-OH is 1. The van der Waals surface area contributed by atoms with Crippen molar-refractivity contribution in [2.24, 2.45) is 0 Å². The van der Waals surface area contributed by atoms with Gasteiger partial charge in [-0.15, -0.1) is 0 Å². The van der Waals surface area contributed by atoms with Gasteiger partial charge in [0.15, 0.2) is 11.5 Å². The SMILES string of the molecule is COc1cccc(C(C)(C)CO)c1OC1CCSC1. The van der Waals surface area contributed by atoms with Crippen LogP contribution in [0.1, 0.15) is 25.8 Å². The Morgan fingerprint density at radius 1 is 1.42 bits per heavy atom. The van der Waals surface area contributed by atoms with Crippen LogP contribution in [0, 0.1) is 0 Å². The summed E-state index contributed by atoms with van der Waals surface area (Å²) in [4.78, 5) is 0. The molecule has 1 heterocycles. The molecule has 1 unspecified atom stereocenters. The first-order valence-corrected chi connectivity index (χ1v) is 7.76. The molecule has 4 heteroatoms. The molecule has 1 aromatic rings. The molecule has 1 saturated heterocycles. The highest BCUT2D eigenvalue weighted by Gasteiger charge is 2.28. The minimum Gasteiger partial charge on any atom is -0.493 e. The van der Waals surface area contributed by atoms with Gasteiger partial charge in [0.2, 0.25) is 0 Å². The van der Waals surface area contributed by atoms with Gasteiger partial charge in [-0.05, 0) is 18.2 Å². The normalized spacial score (nSPS) is 19.5. The molecule has 1 fully saturated rings. The van der Waals surface area contributed by atoms with Crippen LogP contribution in [0.2, 0.25) is 0 Å². The van der Waals surface area contributed by atoms with Gasteiger partial charge < -0.3 is 14.6 Å². The summed E-state index contributed by atoms with van der Waals surface area (Å²) in [6, 6.07) is 5.87. The van der Waals surface area contributed by atoms with Crippen LogP contribution in [-0.2, 0) is 5.41 Å². The van der Waals surface area contributed by atoms with Crippen LogP contribution in [0.3, 0.4) is 0 Å². The Morgan fingerprint density at radius 2 is 2.21 bits per heavy atom. The van der Waals surface area contributed by atoms with E-state index in [0.717, 1.165) is 35.0 Å². The van der Waals surface area contributed by atoms with E-state index in [-0.39, 0.29) is 18.1 Å². The van der Waals surface area contributed by atoms with Crippen molar-refractivity contribution < 1.29 is 14.6 Å². The van der Waals surface area contributed by atoms with Crippen LogP contribution in [0.25, 0.3) is 0 Å². The first-order chi connectivity index (χ1) is 9.08. The molecular formula is C15H22O3S. The van der Waals surface area contributed by atoms with E-state index in [1.165, 1.54) is 0 Å². The van der Waals surface area contributed by atoms with Crippen LogP contribution in [-0.4, -0.2) is 36.4 Å². The van der Waals surface area contributed by atoms with Crippen molar-refractivity contribution in [1.29, 1.82) is 0 Å². The Hall–Kier alpha value is -0.870. The molecule has 1 aliphatic heterocycles. The third-order valence-corrected chi connectivity index (χ3v) is 4.63. The Morgan fingerprint density at radius 3 is 2.79 bits per heavy atom. The fourth-order valence-electron chi connectivity index (χ4n) is 2.19. The van der Waals surface area contributed by atoms with Gasteiger partial charge in [-0.3, -0.25) is 0 Å². The highest BCUT2D eigenvalue weighted by atomic mass is 32.2. The maximum atomic E-state index is 9.60. The molecule has 3 nitrogen and oxygen atoms in total. The Kier molecular flexibility index (Phi) is 4.63. The number of methoxy groups -OCH3 is 1. The standard InChI is InChI=1S/C15H22O3S/c1-15(2,10-16)12-5-4-6-13(17-3)14(12)18-11-7-8-19-9-11/h4-6,11,16H,7-10H2,1-3H3. The molecular weight excluding hydrogens is 260 g/mol. The summed E-state index contributed by atoms with van der Waals surface area (Å²) in [6.07, 6.45) is 1.32. The number of hydrogen-bond acceptors (Lipinski definition) is 4. The van der Waals surface area contributed by atoms with Crippen molar-refractivity contribution in [2.45, 2.75) is 31.8 Å². The number of thioether (sulfide) groups is 1. The molecule has 0 amide bonds. The van der Waals surface area contributed by atoms with Crippen LogP contribution in [0.15, 0.2) is 18.2 Å². The van der Waals surface area contributed by atoms with E-state index in [1.54, 1.807) is 7.11 Å². The highest BCUT2D eigenvalue weighted by molar-refractivity contribution is 7.99. The molecule has 106 valence electrons. The summed E-state index contributed by atoms with van der Waals surface area (Å²) in [5, 5.41) is 9.60. The predicted octanol–water partition coefficient (Wildman–Crippen LogP) is 2.85. The summed E-state index contributed by atoms with van der Waals surface area (Å²) >= 11 is 1.92. The number of para-hydroxylation sites is 1. The maximum Gasteiger partial charge on any atom is 0.165 e. The molecule has 0 bridgehead atoms. The van der Waals surface area contributed by atoms with Crippen LogP contribution in [0.5, 0.6) is 11.5 Å². The lowest BCUT2D eigenvalue weighted by atomic mass is 9.84. The zero-order chi connectivity index (χ0) is 13.9. The number of benzene rings is 1. The zero-order valence-corrected chi connectivity index (χ0v) is 12.6. The summed E-state index contributed by atoms with van der Waals surface area (Å²) in [5.74, 6) is 3.71. The van der Waals surface area contributed by atoms with Crippen molar-refractivity contribution in [1.82, 2.24) is 0 Å². The average molecular weight is 282 g/mol. The molecule has 0 saturated carbocycles. The van der Waals surface area contributed by atoms with Crippen molar-refractivity contribution >= 4 is 11.8 Å². The molecule has 1 N–H and O–H groups in total. The molecule has 1 aromatic carbocycles. The number of rotatable bonds is 5. The summed E-state index contributed by atoms with van der Waals surface area (Å²) in [5.41, 5.74) is 0.668. The molecule has 0 aliphatic carbocycles. The third-order valence-electron chi connectivity index (χ3n) is 3.50. The quantitative estimate of drug-likeness (QED) is 0.901. The molecule has 1 atom stereocenters. The van der Waals surface area contributed by atoms with Crippen LogP contribution < -0.4 is 9.47 Å². The Labute approximate surface area is 119 Å². The summed E-state index contributed by atoms with van der Waals surface area (Å²) in [6.45, 7) is 4.10. The van der Waals surface area contributed by atoms with E-state index in [0.29, 0.717) is 0 Å². The van der Waals surface area contributed by atoms with Gasteiger partial charge in [-0.2, -0.15) is 11.8 Å². The second-order valence-corrected chi connectivity index (χ2v) is 6.63. The number of aliphatic hydroxyl groups is 1. The molecule has 0 spiro atoms. The molecule has 1 aliphatic rings. The monoisotopic (exact) mass is 282 g/mol. The van der Waals surface area contributed by atoms with Gasteiger partial charge in [0, 0.05) is 16.7 Å². The molecule has 2 rings (SSSR count). The van der Waals surface area contributed by atoms with E-state index >= 15 is 0 Å². The second-order valence-electron chi connectivity index (χ2n) is 5.48. The van der Waals surface area contributed by atoms with Crippen molar-refractivity contribution in [3.05, 3.63) is 23.8 Å². The third kappa shape index (κ3) is 3.18. The Balaban J connectivity index is 2.36. The van der Waals surface area contributed by atoms with Crippen LogP contribution in [0.4, 0.5) is 0 Å². The smallest absolute Gasteiger partial charge is 0.165 e. The predicted molar refractivity (Wildman–Crippen MR) is 79.5 cm³/mol. The van der Waals surface area contributed by atoms with Gasteiger partial charge in [-0.25, -0.2) is 0 Å². The lowest BCUT2D eigenvalue weighted by molar-refractivity contribution is 0.192. The van der Waals surface area contributed by atoms with Crippen molar-refractivity contribution in [2.75, 3.05) is 25.2 Å². The van der Waals surface area contributed by atoms with E-state index in [2.05, 4.69) is 0 Å². The highest BCUT2D eigenvalue weighted by Crippen LogP contribution is 2.40. The topological polar surface area (TPSA) is 38.7 Å².